The lowest BCUT2D eigenvalue weighted by molar-refractivity contribution is 0.0961. The molecule has 0 heterocycles. The monoisotopic (exact) mass is 129 g/mol. The van der Waals surface area contributed by atoms with Crippen molar-refractivity contribution in [2.45, 2.75) is 38.3 Å². The number of aliphatic hydroxyl groups excluding tert-OH is 1. The zero-order valence-corrected chi connectivity index (χ0v) is 5.88. The van der Waals surface area contributed by atoms with E-state index in [9.17, 15) is 0 Å². The summed E-state index contributed by atoms with van der Waals surface area (Å²) in [4.78, 5) is 0. The third-order valence-electron chi connectivity index (χ3n) is 2.21. The van der Waals surface area contributed by atoms with E-state index in [1.807, 2.05) is 0 Å². The molecule has 0 aliphatic heterocycles. The van der Waals surface area contributed by atoms with Crippen LogP contribution in [0.1, 0.15) is 26.2 Å². The van der Waals surface area contributed by atoms with Crippen molar-refractivity contribution in [3.8, 4) is 0 Å². The predicted octanol–water partition coefficient (Wildman–Crippen LogP) is 0.495. The van der Waals surface area contributed by atoms with E-state index in [1.54, 1.807) is 0 Å². The van der Waals surface area contributed by atoms with Crippen molar-refractivity contribution in [3.63, 3.8) is 0 Å². The van der Waals surface area contributed by atoms with Crippen molar-refractivity contribution in [3.05, 3.63) is 0 Å². The van der Waals surface area contributed by atoms with Crippen molar-refractivity contribution >= 4 is 0 Å². The Balaban J connectivity index is 2.35. The fourth-order valence-corrected chi connectivity index (χ4v) is 1.39. The van der Waals surface area contributed by atoms with Gasteiger partial charge in [-0.2, -0.15) is 0 Å². The summed E-state index contributed by atoms with van der Waals surface area (Å²) < 4.78 is 0. The van der Waals surface area contributed by atoms with Gasteiger partial charge in [-0.15, -0.1) is 0 Å². The fourth-order valence-electron chi connectivity index (χ4n) is 1.39. The normalized spacial score (nSPS) is 45.0. The molecule has 1 aliphatic rings. The van der Waals surface area contributed by atoms with Crippen molar-refractivity contribution in [2.75, 3.05) is 0 Å². The Morgan fingerprint density at radius 1 is 1.44 bits per heavy atom. The molecule has 3 atom stereocenters. The van der Waals surface area contributed by atoms with E-state index in [-0.39, 0.29) is 6.10 Å². The van der Waals surface area contributed by atoms with Gasteiger partial charge in [-0.05, 0) is 25.2 Å². The van der Waals surface area contributed by atoms with Gasteiger partial charge in [-0.1, -0.05) is 6.92 Å². The smallest absolute Gasteiger partial charge is 0.0544 e. The molecule has 0 aromatic rings. The molecular formula is C7H15NO. The molecule has 1 rings (SSSR count). The number of aliphatic hydroxyl groups is 1. The van der Waals surface area contributed by atoms with Gasteiger partial charge in [0.15, 0.2) is 0 Å². The molecular weight excluding hydrogens is 114 g/mol. The highest BCUT2D eigenvalue weighted by molar-refractivity contribution is 4.78. The lowest BCUT2D eigenvalue weighted by atomic mass is 9.85. The van der Waals surface area contributed by atoms with E-state index < -0.39 is 0 Å². The van der Waals surface area contributed by atoms with Crippen LogP contribution in [0.3, 0.4) is 0 Å². The zero-order chi connectivity index (χ0) is 6.85. The molecule has 9 heavy (non-hydrogen) atoms. The molecule has 1 fully saturated rings. The second kappa shape index (κ2) is 2.67. The van der Waals surface area contributed by atoms with Gasteiger partial charge in [0.25, 0.3) is 0 Å². The van der Waals surface area contributed by atoms with Crippen molar-refractivity contribution in [2.24, 2.45) is 11.7 Å². The topological polar surface area (TPSA) is 46.2 Å². The molecule has 1 aliphatic carbocycles. The van der Waals surface area contributed by atoms with Gasteiger partial charge in [0, 0.05) is 6.04 Å². The SMILES string of the molecule is CC1CC(O)CCC1N. The first kappa shape index (κ1) is 7.03. The average molecular weight is 129 g/mol. The first-order chi connectivity index (χ1) is 4.20. The minimum Gasteiger partial charge on any atom is -0.393 e. The predicted molar refractivity (Wildman–Crippen MR) is 37.0 cm³/mol. The average Bonchev–Trinajstić information content (AvgIpc) is 1.80. The number of hydrogen-bond donors (Lipinski definition) is 2. The Morgan fingerprint density at radius 2 is 2.11 bits per heavy atom. The molecule has 3 N–H and O–H groups in total. The summed E-state index contributed by atoms with van der Waals surface area (Å²) in [5.41, 5.74) is 5.73. The van der Waals surface area contributed by atoms with Crippen molar-refractivity contribution < 1.29 is 5.11 Å². The lowest BCUT2D eigenvalue weighted by Gasteiger charge is -2.28. The maximum atomic E-state index is 9.14. The Bertz CT molecular complexity index is 94.9. The van der Waals surface area contributed by atoms with E-state index in [1.165, 1.54) is 0 Å². The molecule has 3 unspecified atom stereocenters. The van der Waals surface area contributed by atoms with Gasteiger partial charge in [-0.3, -0.25) is 0 Å². The third kappa shape index (κ3) is 1.66. The highest BCUT2D eigenvalue weighted by Gasteiger charge is 2.22. The molecule has 0 saturated heterocycles. The van der Waals surface area contributed by atoms with Crippen LogP contribution in [-0.4, -0.2) is 17.3 Å². The molecule has 0 spiro atoms. The molecule has 1 saturated carbocycles. The molecule has 0 bridgehead atoms. The van der Waals surface area contributed by atoms with E-state index in [0.717, 1.165) is 19.3 Å². The highest BCUT2D eigenvalue weighted by Crippen LogP contribution is 2.22. The fraction of sp³-hybridized carbons (Fsp3) is 1.00. The first-order valence-corrected chi connectivity index (χ1v) is 3.64. The van der Waals surface area contributed by atoms with Crippen LogP contribution >= 0.6 is 0 Å². The van der Waals surface area contributed by atoms with Crippen LogP contribution < -0.4 is 5.73 Å². The molecule has 2 nitrogen and oxygen atoms in total. The summed E-state index contributed by atoms with van der Waals surface area (Å²) in [7, 11) is 0. The van der Waals surface area contributed by atoms with Crippen LogP contribution in [0, 0.1) is 5.92 Å². The molecule has 0 amide bonds. The largest absolute Gasteiger partial charge is 0.393 e. The van der Waals surface area contributed by atoms with Crippen LogP contribution in [0.25, 0.3) is 0 Å². The van der Waals surface area contributed by atoms with E-state index in [4.69, 9.17) is 10.8 Å². The summed E-state index contributed by atoms with van der Waals surface area (Å²) in [5, 5.41) is 9.14. The first-order valence-electron chi connectivity index (χ1n) is 3.64. The number of nitrogens with two attached hydrogens (primary N) is 1. The summed E-state index contributed by atoms with van der Waals surface area (Å²) >= 11 is 0. The Labute approximate surface area is 56.1 Å². The Kier molecular flexibility index (Phi) is 2.09. The Hall–Kier alpha value is -0.0800. The third-order valence-corrected chi connectivity index (χ3v) is 2.21. The standard InChI is InChI=1S/C7H15NO/c1-5-4-6(9)2-3-7(5)8/h5-7,9H,2-4,8H2,1H3. The van der Waals surface area contributed by atoms with Gasteiger partial charge in [-0.25, -0.2) is 0 Å². The molecule has 54 valence electrons. The van der Waals surface area contributed by atoms with Gasteiger partial charge >= 0.3 is 0 Å². The Morgan fingerprint density at radius 3 is 2.56 bits per heavy atom. The van der Waals surface area contributed by atoms with Crippen LogP contribution in [0.5, 0.6) is 0 Å². The minimum absolute atomic E-state index is 0.0835. The van der Waals surface area contributed by atoms with Gasteiger partial charge < -0.3 is 10.8 Å². The van der Waals surface area contributed by atoms with Crippen LogP contribution in [0.2, 0.25) is 0 Å². The minimum atomic E-state index is -0.0835. The molecule has 0 aromatic carbocycles. The summed E-state index contributed by atoms with van der Waals surface area (Å²) in [6.07, 6.45) is 2.69. The molecule has 2 heteroatoms. The molecule has 0 aromatic heterocycles. The quantitative estimate of drug-likeness (QED) is 0.500. The van der Waals surface area contributed by atoms with E-state index in [0.29, 0.717) is 12.0 Å². The van der Waals surface area contributed by atoms with Gasteiger partial charge in [0.1, 0.15) is 0 Å². The molecule has 0 radical (unpaired) electrons. The lowest BCUT2D eigenvalue weighted by Crippen LogP contribution is -2.36. The highest BCUT2D eigenvalue weighted by atomic mass is 16.3. The van der Waals surface area contributed by atoms with Crippen LogP contribution in [0.15, 0.2) is 0 Å². The second-order valence-electron chi connectivity index (χ2n) is 3.11. The van der Waals surface area contributed by atoms with Crippen LogP contribution in [-0.2, 0) is 0 Å². The zero-order valence-electron chi connectivity index (χ0n) is 5.88. The number of hydrogen-bond acceptors (Lipinski definition) is 2. The maximum Gasteiger partial charge on any atom is 0.0544 e. The van der Waals surface area contributed by atoms with Gasteiger partial charge in [0.05, 0.1) is 6.10 Å². The number of rotatable bonds is 0. The van der Waals surface area contributed by atoms with E-state index >= 15 is 0 Å². The summed E-state index contributed by atoms with van der Waals surface area (Å²) in [5.74, 6) is 0.508. The van der Waals surface area contributed by atoms with Crippen molar-refractivity contribution in [1.82, 2.24) is 0 Å². The van der Waals surface area contributed by atoms with Crippen LogP contribution in [0.4, 0.5) is 0 Å². The summed E-state index contributed by atoms with van der Waals surface area (Å²) in [6.45, 7) is 2.10. The van der Waals surface area contributed by atoms with Crippen molar-refractivity contribution in [1.29, 1.82) is 0 Å². The second-order valence-corrected chi connectivity index (χ2v) is 3.11. The van der Waals surface area contributed by atoms with Gasteiger partial charge in [0.2, 0.25) is 0 Å². The summed E-state index contributed by atoms with van der Waals surface area (Å²) in [6, 6.07) is 0.327. The van der Waals surface area contributed by atoms with E-state index in [2.05, 4.69) is 6.92 Å². The maximum absolute atomic E-state index is 9.14.